The fourth-order valence-electron chi connectivity index (χ4n) is 5.37. The summed E-state index contributed by atoms with van der Waals surface area (Å²) in [7, 11) is 0. The molecule has 2 fully saturated rings. The molecule has 0 N–H and O–H groups in total. The zero-order chi connectivity index (χ0) is 21.0. The van der Waals surface area contributed by atoms with Gasteiger partial charge in [-0.2, -0.15) is 0 Å². The van der Waals surface area contributed by atoms with Gasteiger partial charge in [-0.25, -0.2) is 0 Å². The highest BCUT2D eigenvalue weighted by Gasteiger charge is 2.38. The maximum atomic E-state index is 13.0. The van der Waals surface area contributed by atoms with Crippen molar-refractivity contribution in [3.05, 3.63) is 95.9 Å². The normalized spacial score (nSPS) is 22.6. The van der Waals surface area contributed by atoms with Gasteiger partial charge in [-0.3, -0.25) is 4.79 Å². The van der Waals surface area contributed by atoms with Crippen LogP contribution in [0.3, 0.4) is 0 Å². The molecule has 0 bridgehead atoms. The second-order valence-electron chi connectivity index (χ2n) is 8.98. The van der Waals surface area contributed by atoms with Crippen molar-refractivity contribution < 1.29 is 9.21 Å². The maximum Gasteiger partial charge on any atom is 0.257 e. The van der Waals surface area contributed by atoms with E-state index in [1.54, 1.807) is 18.6 Å². The van der Waals surface area contributed by atoms with Crippen molar-refractivity contribution in [2.75, 3.05) is 32.7 Å². The Morgan fingerprint density at radius 1 is 0.871 bits per heavy atom. The molecule has 1 amide bonds. The van der Waals surface area contributed by atoms with Crippen molar-refractivity contribution in [3.8, 4) is 0 Å². The van der Waals surface area contributed by atoms with Crippen LogP contribution in [0, 0.1) is 5.92 Å². The summed E-state index contributed by atoms with van der Waals surface area (Å²) in [4.78, 5) is 17.6. The molecular weight excluding hydrogens is 384 g/mol. The Hall–Kier alpha value is -2.85. The molecule has 0 unspecified atom stereocenters. The third-order valence-electron chi connectivity index (χ3n) is 7.08. The van der Waals surface area contributed by atoms with E-state index in [4.69, 9.17) is 4.42 Å². The first-order valence-electron chi connectivity index (χ1n) is 11.4. The predicted molar refractivity (Wildman–Crippen MR) is 122 cm³/mol. The van der Waals surface area contributed by atoms with Gasteiger partial charge in [-0.15, -0.1) is 0 Å². The fraction of sp³-hybridized carbons (Fsp3) is 0.370. The van der Waals surface area contributed by atoms with Crippen LogP contribution >= 0.6 is 0 Å². The lowest BCUT2D eigenvalue weighted by molar-refractivity contribution is 0.0780. The second-order valence-corrected chi connectivity index (χ2v) is 8.98. The number of amides is 1. The molecule has 3 aromatic rings. The first-order valence-corrected chi connectivity index (χ1v) is 11.4. The number of piperidine rings is 1. The predicted octanol–water partition coefficient (Wildman–Crippen LogP) is 5.02. The second kappa shape index (κ2) is 9.11. The van der Waals surface area contributed by atoms with Crippen LogP contribution in [-0.4, -0.2) is 48.4 Å². The zero-order valence-corrected chi connectivity index (χ0v) is 17.9. The van der Waals surface area contributed by atoms with Crippen LogP contribution in [-0.2, 0) is 0 Å². The Bertz CT molecular complexity index is 963. The largest absolute Gasteiger partial charge is 0.472 e. The lowest BCUT2D eigenvalue weighted by atomic mass is 9.86. The first kappa shape index (κ1) is 20.1. The summed E-state index contributed by atoms with van der Waals surface area (Å²) in [5.74, 6) is 1.58. The van der Waals surface area contributed by atoms with E-state index in [1.807, 2.05) is 4.90 Å². The first-order chi connectivity index (χ1) is 15.3. The van der Waals surface area contributed by atoms with E-state index in [2.05, 4.69) is 65.6 Å². The van der Waals surface area contributed by atoms with Gasteiger partial charge in [0.1, 0.15) is 6.26 Å². The summed E-state index contributed by atoms with van der Waals surface area (Å²) in [6, 6.07) is 23.4. The van der Waals surface area contributed by atoms with Gasteiger partial charge in [0.25, 0.3) is 5.91 Å². The smallest absolute Gasteiger partial charge is 0.257 e. The van der Waals surface area contributed by atoms with Crippen LogP contribution in [0.15, 0.2) is 83.7 Å². The number of carbonyl (C=O) groups is 1. The van der Waals surface area contributed by atoms with E-state index < -0.39 is 0 Å². The lowest BCUT2D eigenvalue weighted by Crippen LogP contribution is -2.38. The van der Waals surface area contributed by atoms with Gasteiger partial charge in [-0.05, 0) is 55.0 Å². The van der Waals surface area contributed by atoms with Crippen LogP contribution in [0.5, 0.6) is 0 Å². The molecule has 0 saturated carbocycles. The molecule has 3 heterocycles. The molecule has 2 atom stereocenters. The molecule has 4 nitrogen and oxygen atoms in total. The highest BCUT2D eigenvalue weighted by molar-refractivity contribution is 5.94. The standard InChI is InChI=1S/C27H30N2O2/c30-27(24-13-16-31-20-24)29-18-25(26(19-29)23-9-5-2-6-10-23)17-28-14-11-22(12-15-28)21-7-3-1-4-8-21/h1-10,13,16,20,22,25-26H,11-12,14-15,17-19H2/t25-,26+/m0/s1. The highest BCUT2D eigenvalue weighted by Crippen LogP contribution is 2.35. The molecule has 0 spiro atoms. The summed E-state index contributed by atoms with van der Waals surface area (Å²) in [6.07, 6.45) is 5.56. The Morgan fingerprint density at radius 3 is 2.19 bits per heavy atom. The van der Waals surface area contributed by atoms with Crippen LogP contribution in [0.1, 0.15) is 46.2 Å². The molecule has 160 valence electrons. The van der Waals surface area contributed by atoms with E-state index in [-0.39, 0.29) is 5.91 Å². The number of furan rings is 1. The number of likely N-dealkylation sites (tertiary alicyclic amines) is 2. The monoisotopic (exact) mass is 414 g/mol. The number of hydrogen-bond acceptors (Lipinski definition) is 3. The Morgan fingerprint density at radius 2 is 1.55 bits per heavy atom. The van der Waals surface area contributed by atoms with Gasteiger partial charge in [0, 0.05) is 25.6 Å². The molecule has 2 aliphatic heterocycles. The SMILES string of the molecule is O=C(c1ccoc1)N1C[C@H](CN2CCC(c3ccccc3)CC2)[C@@H](c2ccccc2)C1. The van der Waals surface area contributed by atoms with Gasteiger partial charge in [0.05, 0.1) is 11.8 Å². The average molecular weight is 415 g/mol. The Balaban J connectivity index is 1.27. The molecule has 0 radical (unpaired) electrons. The molecule has 2 saturated heterocycles. The number of benzene rings is 2. The van der Waals surface area contributed by atoms with Gasteiger partial charge >= 0.3 is 0 Å². The minimum Gasteiger partial charge on any atom is -0.472 e. The molecule has 4 heteroatoms. The highest BCUT2D eigenvalue weighted by atomic mass is 16.3. The number of rotatable bonds is 5. The zero-order valence-electron chi connectivity index (χ0n) is 17.9. The third-order valence-corrected chi connectivity index (χ3v) is 7.08. The number of nitrogens with zero attached hydrogens (tertiary/aromatic N) is 2. The van der Waals surface area contributed by atoms with Gasteiger partial charge in [0.15, 0.2) is 0 Å². The van der Waals surface area contributed by atoms with Crippen molar-refractivity contribution in [3.63, 3.8) is 0 Å². The van der Waals surface area contributed by atoms with E-state index in [1.165, 1.54) is 24.0 Å². The Labute approximate surface area is 184 Å². The fourth-order valence-corrected chi connectivity index (χ4v) is 5.37. The van der Waals surface area contributed by atoms with Gasteiger partial charge < -0.3 is 14.2 Å². The average Bonchev–Trinajstić information content (AvgIpc) is 3.51. The minimum atomic E-state index is 0.0833. The summed E-state index contributed by atoms with van der Waals surface area (Å²) in [5, 5.41) is 0. The topological polar surface area (TPSA) is 36.7 Å². The van der Waals surface area contributed by atoms with E-state index in [9.17, 15) is 4.79 Å². The van der Waals surface area contributed by atoms with Crippen LogP contribution in [0.2, 0.25) is 0 Å². The van der Waals surface area contributed by atoms with E-state index in [0.29, 0.717) is 23.3 Å². The summed E-state index contributed by atoms with van der Waals surface area (Å²) < 4.78 is 5.15. The number of hydrogen-bond donors (Lipinski definition) is 0. The van der Waals surface area contributed by atoms with Crippen molar-refractivity contribution in [1.82, 2.24) is 9.80 Å². The number of carbonyl (C=O) groups excluding carboxylic acids is 1. The van der Waals surface area contributed by atoms with Crippen LogP contribution in [0.25, 0.3) is 0 Å². The van der Waals surface area contributed by atoms with Gasteiger partial charge in [0.2, 0.25) is 0 Å². The van der Waals surface area contributed by atoms with Crippen LogP contribution in [0.4, 0.5) is 0 Å². The molecule has 5 rings (SSSR count). The minimum absolute atomic E-state index is 0.0833. The van der Waals surface area contributed by atoms with Crippen LogP contribution < -0.4 is 0 Å². The maximum absolute atomic E-state index is 13.0. The molecule has 1 aromatic heterocycles. The third kappa shape index (κ3) is 4.45. The van der Waals surface area contributed by atoms with Crippen molar-refractivity contribution in [1.29, 1.82) is 0 Å². The van der Waals surface area contributed by atoms with E-state index in [0.717, 1.165) is 32.7 Å². The van der Waals surface area contributed by atoms with Gasteiger partial charge in [-0.1, -0.05) is 60.7 Å². The summed E-state index contributed by atoms with van der Waals surface area (Å²) >= 11 is 0. The molecule has 0 aliphatic carbocycles. The summed E-state index contributed by atoms with van der Waals surface area (Å²) in [5.41, 5.74) is 3.47. The quantitative estimate of drug-likeness (QED) is 0.589. The van der Waals surface area contributed by atoms with E-state index >= 15 is 0 Å². The van der Waals surface area contributed by atoms with Crippen molar-refractivity contribution in [2.45, 2.75) is 24.7 Å². The molecule has 2 aromatic carbocycles. The summed E-state index contributed by atoms with van der Waals surface area (Å²) in [6.45, 7) is 4.90. The van der Waals surface area contributed by atoms with Crippen molar-refractivity contribution >= 4 is 5.91 Å². The molecule has 2 aliphatic rings. The lowest BCUT2D eigenvalue weighted by Gasteiger charge is -2.34. The molecule has 31 heavy (non-hydrogen) atoms. The van der Waals surface area contributed by atoms with Crippen molar-refractivity contribution in [2.24, 2.45) is 5.92 Å². The molecular formula is C27H30N2O2. The Kier molecular flexibility index (Phi) is 5.90.